The van der Waals surface area contributed by atoms with Crippen LogP contribution < -0.4 is 10.6 Å². The van der Waals surface area contributed by atoms with Crippen LogP contribution in [-0.2, 0) is 4.74 Å². The Morgan fingerprint density at radius 1 is 1.13 bits per heavy atom. The molecule has 2 aromatic heterocycles. The lowest BCUT2D eigenvalue weighted by atomic mass is 9.96. The first kappa shape index (κ1) is 26.5. The van der Waals surface area contributed by atoms with E-state index < -0.39 is 0 Å². The number of hydrogen-bond acceptors (Lipinski definition) is 8. The SMILES string of the molecule is CCOC(=O)N1CCC(Nc2ccc(Nc3nccc(-c4cnn(C(CC#N)C5CCCC5)c4)n3)cc2)CC1. The molecule has 0 spiro atoms. The maximum absolute atomic E-state index is 11.9. The normalized spacial score (nSPS) is 17.0. The Labute approximate surface area is 229 Å². The standard InChI is InChI=1S/C29H36N8O2/c1-2-39-29(38)36-17-13-25(14-18-36)33-23-7-9-24(10-8-23)34-28-31-16-12-26(35-28)22-19-32-37(20-22)27(11-15-30)21-5-3-4-6-21/h7-10,12,16,19-21,25,27,33H,2-6,11,13-14,17-18H2,1H3,(H,31,34,35). The summed E-state index contributed by atoms with van der Waals surface area (Å²) in [7, 11) is 0. The van der Waals surface area contributed by atoms with Crippen LogP contribution in [0.1, 0.15) is 57.9 Å². The van der Waals surface area contributed by atoms with Crippen LogP contribution in [0.3, 0.4) is 0 Å². The monoisotopic (exact) mass is 528 g/mol. The number of likely N-dealkylation sites (tertiary alicyclic amines) is 1. The summed E-state index contributed by atoms with van der Waals surface area (Å²) in [6.07, 6.45) is 12.4. The van der Waals surface area contributed by atoms with Crippen LogP contribution in [-0.4, -0.2) is 56.5 Å². The van der Waals surface area contributed by atoms with Crippen molar-refractivity contribution in [1.29, 1.82) is 5.26 Å². The van der Waals surface area contributed by atoms with E-state index in [4.69, 9.17) is 9.72 Å². The third kappa shape index (κ3) is 6.66. The minimum Gasteiger partial charge on any atom is -0.450 e. The van der Waals surface area contributed by atoms with Gasteiger partial charge in [-0.05, 0) is 68.9 Å². The number of carbonyl (C=O) groups is 1. The van der Waals surface area contributed by atoms with E-state index in [1.165, 1.54) is 12.8 Å². The fourth-order valence-corrected chi connectivity index (χ4v) is 5.58. The molecule has 5 rings (SSSR count). The summed E-state index contributed by atoms with van der Waals surface area (Å²) in [6, 6.07) is 12.7. The van der Waals surface area contributed by atoms with Gasteiger partial charge in [-0.25, -0.2) is 14.8 Å². The van der Waals surface area contributed by atoms with Crippen LogP contribution in [0.2, 0.25) is 0 Å². The zero-order valence-electron chi connectivity index (χ0n) is 22.4. The van der Waals surface area contributed by atoms with Gasteiger partial charge < -0.3 is 20.3 Å². The minimum absolute atomic E-state index is 0.114. The van der Waals surface area contributed by atoms with E-state index in [2.05, 4.69) is 26.8 Å². The second-order valence-electron chi connectivity index (χ2n) is 10.3. The summed E-state index contributed by atoms with van der Waals surface area (Å²) in [6.45, 7) is 3.63. The van der Waals surface area contributed by atoms with Crippen LogP contribution >= 0.6 is 0 Å². The summed E-state index contributed by atoms with van der Waals surface area (Å²) < 4.78 is 7.06. The first-order chi connectivity index (χ1) is 19.1. The lowest BCUT2D eigenvalue weighted by Crippen LogP contribution is -2.42. The number of rotatable bonds is 9. The van der Waals surface area contributed by atoms with Crippen molar-refractivity contribution in [1.82, 2.24) is 24.6 Å². The zero-order chi connectivity index (χ0) is 27.0. The summed E-state index contributed by atoms with van der Waals surface area (Å²) in [5.74, 6) is 1.02. The highest BCUT2D eigenvalue weighted by Gasteiger charge is 2.27. The highest BCUT2D eigenvalue weighted by molar-refractivity contribution is 5.67. The van der Waals surface area contributed by atoms with E-state index in [1.54, 1.807) is 11.1 Å². The Kier molecular flexibility index (Phi) is 8.56. The second-order valence-corrected chi connectivity index (χ2v) is 10.3. The number of amides is 1. The van der Waals surface area contributed by atoms with E-state index in [0.717, 1.165) is 48.3 Å². The lowest BCUT2D eigenvalue weighted by Gasteiger charge is -2.32. The number of aromatic nitrogens is 4. The predicted molar refractivity (Wildman–Crippen MR) is 149 cm³/mol. The molecule has 1 saturated heterocycles. The number of hydrogen-bond donors (Lipinski definition) is 2. The average Bonchev–Trinajstić information content (AvgIpc) is 3.67. The molecule has 1 unspecified atom stereocenters. The first-order valence-electron chi connectivity index (χ1n) is 13.9. The second kappa shape index (κ2) is 12.6. The molecule has 2 fully saturated rings. The Hall–Kier alpha value is -4.13. The van der Waals surface area contributed by atoms with Gasteiger partial charge in [-0.3, -0.25) is 4.68 Å². The number of ether oxygens (including phenoxy) is 1. The lowest BCUT2D eigenvalue weighted by molar-refractivity contribution is 0.0983. The van der Waals surface area contributed by atoms with Crippen molar-refractivity contribution in [2.24, 2.45) is 5.92 Å². The summed E-state index contributed by atoms with van der Waals surface area (Å²) in [5, 5.41) is 20.8. The molecule has 3 aromatic rings. The molecule has 1 aliphatic heterocycles. The summed E-state index contributed by atoms with van der Waals surface area (Å²) in [4.78, 5) is 22.8. The molecule has 1 saturated carbocycles. The van der Waals surface area contributed by atoms with Gasteiger partial charge in [-0.15, -0.1) is 0 Å². The van der Waals surface area contributed by atoms with Crippen molar-refractivity contribution in [3.05, 3.63) is 48.9 Å². The number of nitriles is 1. The molecule has 2 N–H and O–H groups in total. The maximum atomic E-state index is 11.9. The number of nitrogens with zero attached hydrogens (tertiary/aromatic N) is 6. The largest absolute Gasteiger partial charge is 0.450 e. The fourth-order valence-electron chi connectivity index (χ4n) is 5.58. The maximum Gasteiger partial charge on any atom is 0.409 e. The van der Waals surface area contributed by atoms with Gasteiger partial charge in [-0.1, -0.05) is 12.8 Å². The van der Waals surface area contributed by atoms with E-state index in [-0.39, 0.29) is 12.1 Å². The Morgan fingerprint density at radius 2 is 1.87 bits per heavy atom. The van der Waals surface area contributed by atoms with Crippen LogP contribution in [0.25, 0.3) is 11.3 Å². The van der Waals surface area contributed by atoms with Crippen molar-refractivity contribution in [3.8, 4) is 17.3 Å². The Morgan fingerprint density at radius 3 is 2.59 bits per heavy atom. The predicted octanol–water partition coefficient (Wildman–Crippen LogP) is 5.76. The van der Waals surface area contributed by atoms with E-state index in [9.17, 15) is 10.1 Å². The number of nitrogens with one attached hydrogen (secondary N) is 2. The molecule has 1 amide bonds. The fraction of sp³-hybridized carbons (Fsp3) is 0.483. The van der Waals surface area contributed by atoms with Gasteiger partial charge in [0.15, 0.2) is 0 Å². The molecule has 2 aliphatic rings. The number of anilines is 3. The minimum atomic E-state index is -0.223. The Balaban J connectivity index is 1.18. The molecule has 1 aromatic carbocycles. The van der Waals surface area contributed by atoms with Crippen LogP contribution in [0.5, 0.6) is 0 Å². The Bertz CT molecular complexity index is 1270. The van der Waals surface area contributed by atoms with E-state index in [1.807, 2.05) is 54.3 Å². The van der Waals surface area contributed by atoms with Crippen LogP contribution in [0.4, 0.5) is 22.1 Å². The van der Waals surface area contributed by atoms with Gasteiger partial charge in [0.2, 0.25) is 5.95 Å². The topological polar surface area (TPSA) is 121 Å². The molecular formula is C29H36N8O2. The molecule has 39 heavy (non-hydrogen) atoms. The van der Waals surface area contributed by atoms with Crippen molar-refractivity contribution in [2.45, 2.75) is 64.0 Å². The number of carbonyl (C=O) groups excluding carboxylic acids is 1. The van der Waals surface area contributed by atoms with Crippen molar-refractivity contribution >= 4 is 23.4 Å². The van der Waals surface area contributed by atoms with Crippen LogP contribution in [0.15, 0.2) is 48.9 Å². The van der Waals surface area contributed by atoms with Crippen molar-refractivity contribution in [2.75, 3.05) is 30.3 Å². The highest BCUT2D eigenvalue weighted by atomic mass is 16.6. The van der Waals surface area contributed by atoms with Gasteiger partial charge in [0.1, 0.15) is 0 Å². The molecule has 0 bridgehead atoms. The number of piperidine rings is 1. The highest BCUT2D eigenvalue weighted by Crippen LogP contribution is 2.36. The quantitative estimate of drug-likeness (QED) is 0.359. The first-order valence-corrected chi connectivity index (χ1v) is 13.9. The summed E-state index contributed by atoms with van der Waals surface area (Å²) in [5.41, 5.74) is 3.62. The van der Waals surface area contributed by atoms with E-state index >= 15 is 0 Å². The smallest absolute Gasteiger partial charge is 0.409 e. The number of benzene rings is 1. The van der Waals surface area contributed by atoms with Gasteiger partial charge in [0.25, 0.3) is 0 Å². The molecule has 3 heterocycles. The molecule has 10 heteroatoms. The average molecular weight is 529 g/mol. The molecular weight excluding hydrogens is 492 g/mol. The summed E-state index contributed by atoms with van der Waals surface area (Å²) >= 11 is 0. The van der Waals surface area contributed by atoms with E-state index in [0.29, 0.717) is 44.0 Å². The van der Waals surface area contributed by atoms with Crippen molar-refractivity contribution in [3.63, 3.8) is 0 Å². The van der Waals surface area contributed by atoms with Crippen LogP contribution in [0, 0.1) is 17.2 Å². The molecule has 0 radical (unpaired) electrons. The third-order valence-corrected chi connectivity index (χ3v) is 7.67. The molecule has 1 atom stereocenters. The van der Waals surface area contributed by atoms with Crippen molar-refractivity contribution < 1.29 is 9.53 Å². The molecule has 204 valence electrons. The zero-order valence-corrected chi connectivity index (χ0v) is 22.4. The van der Waals surface area contributed by atoms with Gasteiger partial charge in [-0.2, -0.15) is 10.4 Å². The molecule has 1 aliphatic carbocycles. The molecule has 10 nitrogen and oxygen atoms in total. The van der Waals surface area contributed by atoms with Gasteiger partial charge in [0, 0.05) is 48.5 Å². The van der Waals surface area contributed by atoms with Gasteiger partial charge in [0.05, 0.1) is 37.0 Å². The van der Waals surface area contributed by atoms with Gasteiger partial charge >= 0.3 is 6.09 Å². The third-order valence-electron chi connectivity index (χ3n) is 7.67.